The molecule has 122 valence electrons. The van der Waals surface area contributed by atoms with Crippen molar-refractivity contribution in [3.63, 3.8) is 0 Å². The van der Waals surface area contributed by atoms with E-state index in [-0.39, 0.29) is 11.2 Å². The molecule has 24 heavy (non-hydrogen) atoms. The summed E-state index contributed by atoms with van der Waals surface area (Å²) < 4.78 is 0. The number of nitrogens with zero attached hydrogens (tertiary/aromatic N) is 2. The molecule has 3 aromatic rings. The Morgan fingerprint density at radius 1 is 1.12 bits per heavy atom. The number of amides is 1. The zero-order chi connectivity index (χ0) is 16.9. The number of hydrogen-bond acceptors (Lipinski definition) is 4. The normalized spacial score (nSPS) is 11.9. The number of nitrogens with one attached hydrogen (secondary N) is 2. The van der Waals surface area contributed by atoms with E-state index in [0.29, 0.717) is 5.16 Å². The van der Waals surface area contributed by atoms with Gasteiger partial charge in [-0.15, -0.1) is 5.10 Å². The number of aryl methyl sites for hydroxylation is 1. The lowest BCUT2D eigenvalue weighted by Crippen LogP contribution is -2.22. The van der Waals surface area contributed by atoms with Crippen LogP contribution in [-0.2, 0) is 4.79 Å². The molecular weight excluding hydrogens is 320 g/mol. The summed E-state index contributed by atoms with van der Waals surface area (Å²) in [6.07, 6.45) is 0. The van der Waals surface area contributed by atoms with E-state index in [9.17, 15) is 4.79 Å². The van der Waals surface area contributed by atoms with Gasteiger partial charge in [-0.25, -0.2) is 4.98 Å². The van der Waals surface area contributed by atoms with Crippen LogP contribution in [0.1, 0.15) is 12.7 Å². The van der Waals surface area contributed by atoms with Crippen LogP contribution in [-0.4, -0.2) is 26.3 Å². The van der Waals surface area contributed by atoms with Crippen molar-refractivity contribution in [1.29, 1.82) is 0 Å². The molecule has 3 rings (SSSR count). The van der Waals surface area contributed by atoms with E-state index in [0.717, 1.165) is 22.6 Å². The summed E-state index contributed by atoms with van der Waals surface area (Å²) in [5.41, 5.74) is 2.86. The minimum atomic E-state index is -0.302. The fourth-order valence-electron chi connectivity index (χ4n) is 2.28. The lowest BCUT2D eigenvalue weighted by molar-refractivity contribution is -0.115. The number of carbonyl (C=O) groups is 1. The first-order chi connectivity index (χ1) is 11.6. The number of thioether (sulfide) groups is 1. The fourth-order valence-corrected chi connectivity index (χ4v) is 3.05. The van der Waals surface area contributed by atoms with Crippen LogP contribution in [0, 0.1) is 6.92 Å². The minimum absolute atomic E-state index is 0.0779. The molecule has 0 saturated heterocycles. The average Bonchev–Trinajstić information content (AvgIpc) is 3.01. The standard InChI is InChI=1S/C18H18N4OS/c1-12(24-18-19-13(2)21-22-18)17(23)20-16-11-7-6-10-15(16)14-8-4-3-5-9-14/h3-12H,1-2H3,(H,20,23)(H,19,21,22). The van der Waals surface area contributed by atoms with Gasteiger partial charge in [-0.1, -0.05) is 60.3 Å². The summed E-state index contributed by atoms with van der Waals surface area (Å²) in [5.74, 6) is 0.658. The summed E-state index contributed by atoms with van der Waals surface area (Å²) in [7, 11) is 0. The molecule has 0 fully saturated rings. The minimum Gasteiger partial charge on any atom is -0.325 e. The molecule has 0 radical (unpaired) electrons. The number of H-pyrrole nitrogens is 1. The number of aromatic amines is 1. The van der Waals surface area contributed by atoms with Gasteiger partial charge in [0, 0.05) is 11.3 Å². The Bertz CT molecular complexity index is 832. The molecule has 0 aliphatic heterocycles. The fraction of sp³-hybridized carbons (Fsp3) is 0.167. The number of hydrogen-bond donors (Lipinski definition) is 2. The van der Waals surface area contributed by atoms with Gasteiger partial charge in [0.25, 0.3) is 0 Å². The van der Waals surface area contributed by atoms with Crippen LogP contribution in [0.2, 0.25) is 0 Å². The first kappa shape index (κ1) is 16.3. The monoisotopic (exact) mass is 338 g/mol. The summed E-state index contributed by atoms with van der Waals surface area (Å²) in [6.45, 7) is 3.68. The van der Waals surface area contributed by atoms with Gasteiger partial charge in [0.2, 0.25) is 11.1 Å². The molecule has 1 aromatic heterocycles. The molecule has 0 aliphatic rings. The van der Waals surface area contributed by atoms with Crippen molar-refractivity contribution in [3.05, 3.63) is 60.4 Å². The Labute approximate surface area is 144 Å². The molecule has 1 amide bonds. The molecule has 1 heterocycles. The number of aromatic nitrogens is 3. The van der Waals surface area contributed by atoms with Crippen LogP contribution < -0.4 is 5.32 Å². The molecule has 0 bridgehead atoms. The van der Waals surface area contributed by atoms with Crippen molar-refractivity contribution in [2.24, 2.45) is 0 Å². The second kappa shape index (κ2) is 7.31. The van der Waals surface area contributed by atoms with E-state index in [1.54, 1.807) is 0 Å². The van der Waals surface area contributed by atoms with Crippen LogP contribution in [0.5, 0.6) is 0 Å². The third-order valence-electron chi connectivity index (χ3n) is 3.50. The third-order valence-corrected chi connectivity index (χ3v) is 4.46. The zero-order valence-electron chi connectivity index (χ0n) is 13.5. The van der Waals surface area contributed by atoms with Crippen molar-refractivity contribution in [3.8, 4) is 11.1 Å². The lowest BCUT2D eigenvalue weighted by atomic mass is 10.0. The van der Waals surface area contributed by atoms with Crippen molar-refractivity contribution in [1.82, 2.24) is 15.2 Å². The summed E-state index contributed by atoms with van der Waals surface area (Å²) in [5, 5.41) is 10.1. The first-order valence-electron chi connectivity index (χ1n) is 7.64. The molecular formula is C18H18N4OS. The van der Waals surface area contributed by atoms with Gasteiger partial charge >= 0.3 is 0 Å². The maximum atomic E-state index is 12.5. The highest BCUT2D eigenvalue weighted by Gasteiger charge is 2.18. The van der Waals surface area contributed by atoms with Crippen LogP contribution in [0.4, 0.5) is 5.69 Å². The molecule has 6 heteroatoms. The number of rotatable bonds is 5. The third kappa shape index (κ3) is 3.83. The van der Waals surface area contributed by atoms with Crippen LogP contribution in [0.3, 0.4) is 0 Å². The quantitative estimate of drug-likeness (QED) is 0.692. The van der Waals surface area contributed by atoms with Crippen molar-refractivity contribution >= 4 is 23.4 Å². The Morgan fingerprint density at radius 3 is 2.54 bits per heavy atom. The maximum absolute atomic E-state index is 12.5. The molecule has 1 atom stereocenters. The molecule has 0 saturated carbocycles. The Balaban J connectivity index is 1.75. The van der Waals surface area contributed by atoms with Gasteiger partial charge in [-0.05, 0) is 25.5 Å². The van der Waals surface area contributed by atoms with E-state index in [1.807, 2.05) is 68.4 Å². The van der Waals surface area contributed by atoms with Gasteiger partial charge in [0.15, 0.2) is 0 Å². The number of anilines is 1. The van der Waals surface area contributed by atoms with E-state index in [1.165, 1.54) is 11.8 Å². The predicted molar refractivity (Wildman–Crippen MR) is 96.9 cm³/mol. The lowest BCUT2D eigenvalue weighted by Gasteiger charge is -2.14. The van der Waals surface area contributed by atoms with Gasteiger partial charge in [0.1, 0.15) is 5.82 Å². The van der Waals surface area contributed by atoms with Crippen LogP contribution in [0.25, 0.3) is 11.1 Å². The van der Waals surface area contributed by atoms with Crippen molar-refractivity contribution in [2.75, 3.05) is 5.32 Å². The maximum Gasteiger partial charge on any atom is 0.237 e. The number of para-hydroxylation sites is 1. The Morgan fingerprint density at radius 2 is 1.83 bits per heavy atom. The van der Waals surface area contributed by atoms with Gasteiger partial charge < -0.3 is 5.32 Å². The largest absolute Gasteiger partial charge is 0.325 e. The van der Waals surface area contributed by atoms with E-state index in [4.69, 9.17) is 0 Å². The molecule has 0 aliphatic carbocycles. The Hall–Kier alpha value is -2.60. The number of benzene rings is 2. The summed E-state index contributed by atoms with van der Waals surface area (Å²) in [4.78, 5) is 16.7. The molecule has 1 unspecified atom stereocenters. The van der Waals surface area contributed by atoms with E-state index >= 15 is 0 Å². The molecule has 2 aromatic carbocycles. The predicted octanol–water partition coefficient (Wildman–Crippen LogP) is 3.90. The Kier molecular flexibility index (Phi) is 4.96. The van der Waals surface area contributed by atoms with Crippen molar-refractivity contribution in [2.45, 2.75) is 24.3 Å². The van der Waals surface area contributed by atoms with Gasteiger partial charge in [-0.3, -0.25) is 9.89 Å². The zero-order valence-corrected chi connectivity index (χ0v) is 14.3. The van der Waals surface area contributed by atoms with E-state index < -0.39 is 0 Å². The average molecular weight is 338 g/mol. The SMILES string of the molecule is Cc1nc(SC(C)C(=O)Nc2ccccc2-c2ccccc2)n[nH]1. The first-order valence-corrected chi connectivity index (χ1v) is 8.52. The molecule has 5 nitrogen and oxygen atoms in total. The highest BCUT2D eigenvalue weighted by Crippen LogP contribution is 2.28. The number of carbonyl (C=O) groups excluding carboxylic acids is 1. The van der Waals surface area contributed by atoms with Gasteiger partial charge in [-0.2, -0.15) is 0 Å². The summed E-state index contributed by atoms with van der Waals surface area (Å²) in [6, 6.07) is 17.8. The van der Waals surface area contributed by atoms with Crippen molar-refractivity contribution < 1.29 is 4.79 Å². The molecule has 2 N–H and O–H groups in total. The summed E-state index contributed by atoms with van der Waals surface area (Å²) >= 11 is 1.33. The smallest absolute Gasteiger partial charge is 0.237 e. The molecule has 0 spiro atoms. The second-order valence-corrected chi connectivity index (χ2v) is 6.67. The van der Waals surface area contributed by atoms with E-state index in [2.05, 4.69) is 20.5 Å². The van der Waals surface area contributed by atoms with Crippen LogP contribution in [0.15, 0.2) is 59.8 Å². The van der Waals surface area contributed by atoms with Gasteiger partial charge in [0.05, 0.1) is 5.25 Å². The highest BCUT2D eigenvalue weighted by atomic mass is 32.2. The highest BCUT2D eigenvalue weighted by molar-refractivity contribution is 8.00. The van der Waals surface area contributed by atoms with Crippen LogP contribution >= 0.6 is 11.8 Å². The second-order valence-electron chi connectivity index (χ2n) is 5.36. The topological polar surface area (TPSA) is 70.7 Å².